The highest BCUT2D eigenvalue weighted by molar-refractivity contribution is 5.79. The highest BCUT2D eigenvalue weighted by Crippen LogP contribution is 2.16. The van der Waals surface area contributed by atoms with Crippen LogP contribution in [0.25, 0.3) is 16.6 Å². The number of nitrogens with zero attached hydrogens (tertiary/aromatic N) is 1. The lowest BCUT2D eigenvalue weighted by Crippen LogP contribution is -2.34. The molecule has 21 heavy (non-hydrogen) atoms. The fraction of sp³-hybridized carbons (Fsp3) is 0.0667. The smallest absolute Gasteiger partial charge is 0.333 e. The molecule has 1 N–H and O–H groups in total. The van der Waals surface area contributed by atoms with Gasteiger partial charge in [0.05, 0.1) is 23.7 Å². The molecule has 0 radical (unpaired) electrons. The second kappa shape index (κ2) is 4.90. The molecule has 1 heterocycles. The SMILES string of the molecule is COc1ccc2c(=O)n(-c3ccccc3F)c(=O)[nH]c2c1. The number of hydrogen-bond donors (Lipinski definition) is 1. The van der Waals surface area contributed by atoms with Gasteiger partial charge in [-0.25, -0.2) is 13.8 Å². The minimum Gasteiger partial charge on any atom is -0.497 e. The minimum absolute atomic E-state index is 0.0820. The number of para-hydroxylation sites is 1. The van der Waals surface area contributed by atoms with Gasteiger partial charge in [-0.3, -0.25) is 4.79 Å². The molecule has 3 aromatic rings. The summed E-state index contributed by atoms with van der Waals surface area (Å²) < 4.78 is 19.6. The number of benzene rings is 2. The van der Waals surface area contributed by atoms with Gasteiger partial charge in [-0.1, -0.05) is 12.1 Å². The molecule has 0 aliphatic rings. The van der Waals surface area contributed by atoms with Crippen molar-refractivity contribution in [2.45, 2.75) is 0 Å². The Morgan fingerprint density at radius 2 is 1.90 bits per heavy atom. The summed E-state index contributed by atoms with van der Waals surface area (Å²) in [5, 5.41) is 0.277. The van der Waals surface area contributed by atoms with Crippen molar-refractivity contribution < 1.29 is 9.13 Å². The van der Waals surface area contributed by atoms with Crippen molar-refractivity contribution in [2.24, 2.45) is 0 Å². The second-order valence-electron chi connectivity index (χ2n) is 4.43. The number of halogens is 1. The van der Waals surface area contributed by atoms with Crippen LogP contribution in [-0.2, 0) is 0 Å². The van der Waals surface area contributed by atoms with E-state index >= 15 is 0 Å². The normalized spacial score (nSPS) is 10.8. The van der Waals surface area contributed by atoms with Crippen molar-refractivity contribution in [1.82, 2.24) is 9.55 Å². The number of methoxy groups -OCH3 is 1. The van der Waals surface area contributed by atoms with Crippen LogP contribution in [0.2, 0.25) is 0 Å². The maximum absolute atomic E-state index is 13.8. The van der Waals surface area contributed by atoms with Crippen LogP contribution >= 0.6 is 0 Å². The Hall–Kier alpha value is -2.89. The molecule has 0 saturated heterocycles. The number of aromatic amines is 1. The summed E-state index contributed by atoms with van der Waals surface area (Å²) in [5.41, 5.74) is -1.02. The first-order valence-corrected chi connectivity index (χ1v) is 6.20. The molecule has 106 valence electrons. The predicted molar refractivity (Wildman–Crippen MR) is 76.7 cm³/mol. The van der Waals surface area contributed by atoms with Gasteiger partial charge in [0, 0.05) is 6.07 Å². The van der Waals surface area contributed by atoms with Gasteiger partial charge >= 0.3 is 5.69 Å². The molecular weight excluding hydrogens is 275 g/mol. The fourth-order valence-corrected chi connectivity index (χ4v) is 2.18. The number of nitrogens with one attached hydrogen (secondary N) is 1. The third kappa shape index (κ3) is 2.10. The van der Waals surface area contributed by atoms with Gasteiger partial charge < -0.3 is 9.72 Å². The maximum Gasteiger partial charge on any atom is 0.333 e. The predicted octanol–water partition coefficient (Wildman–Crippen LogP) is 1.83. The van der Waals surface area contributed by atoms with E-state index in [0.717, 1.165) is 4.57 Å². The first kappa shape index (κ1) is 13.1. The highest BCUT2D eigenvalue weighted by atomic mass is 19.1. The molecule has 0 aliphatic carbocycles. The molecular formula is C15H11FN2O3. The zero-order valence-electron chi connectivity index (χ0n) is 11.1. The van der Waals surface area contributed by atoms with E-state index in [4.69, 9.17) is 4.74 Å². The van der Waals surface area contributed by atoms with Crippen LogP contribution in [0.1, 0.15) is 0 Å². The zero-order valence-corrected chi connectivity index (χ0v) is 11.1. The molecule has 0 aliphatic heterocycles. The van der Waals surface area contributed by atoms with E-state index < -0.39 is 17.1 Å². The average molecular weight is 286 g/mol. The van der Waals surface area contributed by atoms with Crippen molar-refractivity contribution in [3.8, 4) is 11.4 Å². The van der Waals surface area contributed by atoms with Gasteiger partial charge in [0.1, 0.15) is 11.6 Å². The van der Waals surface area contributed by atoms with Gasteiger partial charge in [-0.15, -0.1) is 0 Å². The van der Waals surface area contributed by atoms with Crippen LogP contribution in [0.5, 0.6) is 5.75 Å². The Morgan fingerprint density at radius 1 is 1.14 bits per heavy atom. The Balaban J connectivity index is 2.39. The first-order chi connectivity index (χ1) is 10.1. The van der Waals surface area contributed by atoms with E-state index in [-0.39, 0.29) is 11.1 Å². The molecule has 6 heteroatoms. The minimum atomic E-state index is -0.703. The average Bonchev–Trinajstić information content (AvgIpc) is 2.48. The van der Waals surface area contributed by atoms with Crippen molar-refractivity contribution in [2.75, 3.05) is 7.11 Å². The first-order valence-electron chi connectivity index (χ1n) is 6.20. The molecule has 0 amide bonds. The van der Waals surface area contributed by atoms with Crippen LogP contribution in [0, 0.1) is 5.82 Å². The Kier molecular flexibility index (Phi) is 3.06. The Morgan fingerprint density at radius 3 is 2.62 bits per heavy atom. The van der Waals surface area contributed by atoms with Crippen molar-refractivity contribution >= 4 is 10.9 Å². The van der Waals surface area contributed by atoms with Gasteiger partial charge in [-0.05, 0) is 24.3 Å². The van der Waals surface area contributed by atoms with E-state index in [1.807, 2.05) is 0 Å². The number of hydrogen-bond acceptors (Lipinski definition) is 3. The third-order valence-electron chi connectivity index (χ3n) is 3.20. The van der Waals surface area contributed by atoms with Crippen molar-refractivity contribution in [3.63, 3.8) is 0 Å². The Labute approximate surface area is 118 Å². The quantitative estimate of drug-likeness (QED) is 0.781. The van der Waals surface area contributed by atoms with E-state index in [9.17, 15) is 14.0 Å². The number of rotatable bonds is 2. The summed E-state index contributed by atoms with van der Waals surface area (Å²) in [5.74, 6) is -0.126. The standard InChI is InChI=1S/C15H11FN2O3/c1-21-9-6-7-10-12(8-9)17-15(20)18(14(10)19)13-5-3-2-4-11(13)16/h2-8H,1H3,(H,17,20). The van der Waals surface area contributed by atoms with Gasteiger partial charge in [0.25, 0.3) is 5.56 Å². The molecule has 0 unspecified atom stereocenters. The van der Waals surface area contributed by atoms with E-state index in [1.54, 1.807) is 18.2 Å². The van der Waals surface area contributed by atoms with Gasteiger partial charge in [0.2, 0.25) is 0 Å². The maximum atomic E-state index is 13.8. The lowest BCUT2D eigenvalue weighted by Gasteiger charge is -2.08. The van der Waals surface area contributed by atoms with Crippen LogP contribution in [-0.4, -0.2) is 16.7 Å². The summed E-state index contributed by atoms with van der Waals surface area (Å²) in [7, 11) is 1.49. The molecule has 5 nitrogen and oxygen atoms in total. The van der Waals surface area contributed by atoms with Crippen molar-refractivity contribution in [1.29, 1.82) is 0 Å². The van der Waals surface area contributed by atoms with Crippen LogP contribution in [0.4, 0.5) is 4.39 Å². The largest absolute Gasteiger partial charge is 0.497 e. The molecule has 0 bridgehead atoms. The van der Waals surface area contributed by atoms with Gasteiger partial charge in [-0.2, -0.15) is 0 Å². The second-order valence-corrected chi connectivity index (χ2v) is 4.43. The number of ether oxygens (including phenoxy) is 1. The van der Waals surface area contributed by atoms with E-state index in [2.05, 4.69) is 4.98 Å². The number of aromatic nitrogens is 2. The number of fused-ring (bicyclic) bond motifs is 1. The lowest BCUT2D eigenvalue weighted by molar-refractivity contribution is 0.415. The monoisotopic (exact) mass is 286 g/mol. The number of H-pyrrole nitrogens is 1. The lowest BCUT2D eigenvalue weighted by atomic mass is 10.2. The molecule has 0 spiro atoms. The van der Waals surface area contributed by atoms with Crippen LogP contribution < -0.4 is 16.0 Å². The highest BCUT2D eigenvalue weighted by Gasteiger charge is 2.12. The Bertz CT molecular complexity index is 944. The van der Waals surface area contributed by atoms with Crippen LogP contribution in [0.15, 0.2) is 52.1 Å². The molecule has 0 saturated carbocycles. The third-order valence-corrected chi connectivity index (χ3v) is 3.20. The molecule has 3 rings (SSSR count). The summed E-state index contributed by atoms with van der Waals surface area (Å²) in [6.07, 6.45) is 0. The fourth-order valence-electron chi connectivity index (χ4n) is 2.18. The molecule has 1 aromatic heterocycles. The zero-order chi connectivity index (χ0) is 15.0. The summed E-state index contributed by atoms with van der Waals surface area (Å²) in [4.78, 5) is 27.1. The van der Waals surface area contributed by atoms with E-state index in [0.29, 0.717) is 11.3 Å². The molecule has 0 fully saturated rings. The summed E-state index contributed by atoms with van der Waals surface area (Å²) in [6.45, 7) is 0. The van der Waals surface area contributed by atoms with Crippen molar-refractivity contribution in [3.05, 3.63) is 69.1 Å². The van der Waals surface area contributed by atoms with Gasteiger partial charge in [0.15, 0.2) is 0 Å². The topological polar surface area (TPSA) is 64.1 Å². The molecule has 2 aromatic carbocycles. The van der Waals surface area contributed by atoms with E-state index in [1.165, 1.54) is 31.4 Å². The summed E-state index contributed by atoms with van der Waals surface area (Å²) in [6, 6.07) is 10.3. The molecule has 0 atom stereocenters. The van der Waals surface area contributed by atoms with Crippen LogP contribution in [0.3, 0.4) is 0 Å². The summed E-state index contributed by atoms with van der Waals surface area (Å²) >= 11 is 0.